The van der Waals surface area contributed by atoms with E-state index in [1.807, 2.05) is 30.4 Å². The van der Waals surface area contributed by atoms with Gasteiger partial charge in [0.05, 0.1) is 11.3 Å². The van der Waals surface area contributed by atoms with Gasteiger partial charge in [-0.2, -0.15) is 0 Å². The zero-order valence-electron chi connectivity index (χ0n) is 19.3. The molecule has 1 saturated heterocycles. The number of halogens is 2. The average Bonchev–Trinajstić information content (AvgIpc) is 3.07. The molecule has 35 heavy (non-hydrogen) atoms. The number of amides is 1. The zero-order valence-corrected chi connectivity index (χ0v) is 20.1. The molecule has 3 aromatic rings. The van der Waals surface area contributed by atoms with Crippen LogP contribution in [-0.2, 0) is 10.0 Å². The minimum atomic E-state index is -4.49. The van der Waals surface area contributed by atoms with Gasteiger partial charge in [-0.25, -0.2) is 26.9 Å². The molecule has 1 amide bonds. The van der Waals surface area contributed by atoms with Gasteiger partial charge in [0, 0.05) is 23.8 Å². The van der Waals surface area contributed by atoms with Gasteiger partial charge in [0.25, 0.3) is 21.5 Å². The van der Waals surface area contributed by atoms with Crippen molar-refractivity contribution in [1.82, 2.24) is 14.7 Å². The van der Waals surface area contributed by atoms with Gasteiger partial charge in [0.2, 0.25) is 0 Å². The first-order valence-corrected chi connectivity index (χ1v) is 12.4. The highest BCUT2D eigenvalue weighted by atomic mass is 32.2. The Balaban J connectivity index is 1.82. The molecule has 8 nitrogen and oxygen atoms in total. The summed E-state index contributed by atoms with van der Waals surface area (Å²) in [5.74, 6) is -2.78. The van der Waals surface area contributed by atoms with Gasteiger partial charge in [-0.3, -0.25) is 9.59 Å². The Morgan fingerprint density at radius 3 is 2.57 bits per heavy atom. The fourth-order valence-corrected chi connectivity index (χ4v) is 5.17. The third kappa shape index (κ3) is 4.43. The van der Waals surface area contributed by atoms with Gasteiger partial charge >= 0.3 is 0 Å². The van der Waals surface area contributed by atoms with E-state index in [9.17, 15) is 26.8 Å². The Labute approximate surface area is 201 Å². The molecule has 0 bridgehead atoms. The number of hydrogen-bond donors (Lipinski definition) is 2. The Kier molecular flexibility index (Phi) is 6.22. The van der Waals surface area contributed by atoms with Crippen molar-refractivity contribution >= 4 is 21.7 Å². The van der Waals surface area contributed by atoms with Crippen LogP contribution in [0.1, 0.15) is 37.6 Å². The van der Waals surface area contributed by atoms with Crippen molar-refractivity contribution in [2.45, 2.75) is 37.6 Å². The molecule has 0 saturated carbocycles. The monoisotopic (exact) mass is 502 g/mol. The van der Waals surface area contributed by atoms with Gasteiger partial charge < -0.3 is 9.88 Å². The number of rotatable bonds is 5. The van der Waals surface area contributed by atoms with Crippen LogP contribution < -0.4 is 15.2 Å². The summed E-state index contributed by atoms with van der Waals surface area (Å²) in [6.07, 6.45) is 2.05. The number of nitrogens with zero attached hydrogens (tertiary/aromatic N) is 2. The van der Waals surface area contributed by atoms with Crippen LogP contribution in [0.4, 0.5) is 14.6 Å². The molecule has 184 valence electrons. The summed E-state index contributed by atoms with van der Waals surface area (Å²) in [6.45, 7) is 6.48. The molecule has 1 aliphatic rings. The van der Waals surface area contributed by atoms with Crippen molar-refractivity contribution in [3.63, 3.8) is 0 Å². The predicted molar refractivity (Wildman–Crippen MR) is 127 cm³/mol. The second-order valence-corrected chi connectivity index (χ2v) is 10.6. The van der Waals surface area contributed by atoms with E-state index in [1.54, 1.807) is 0 Å². The smallest absolute Gasteiger partial charge is 0.269 e. The topological polar surface area (TPSA) is 112 Å². The maximum absolute atomic E-state index is 14.5. The van der Waals surface area contributed by atoms with E-state index in [2.05, 4.69) is 9.97 Å². The molecule has 0 radical (unpaired) electrons. The summed E-state index contributed by atoms with van der Waals surface area (Å²) < 4.78 is 55.8. The number of aromatic nitrogens is 2. The van der Waals surface area contributed by atoms with E-state index in [-0.39, 0.29) is 28.6 Å². The number of carbonyl (C=O) groups excluding carboxylic acids is 1. The lowest BCUT2D eigenvalue weighted by molar-refractivity contribution is 0.0981. The third-order valence-corrected chi connectivity index (χ3v) is 7.94. The van der Waals surface area contributed by atoms with E-state index in [0.717, 1.165) is 18.6 Å². The van der Waals surface area contributed by atoms with E-state index >= 15 is 0 Å². The number of aromatic amines is 1. The number of anilines is 1. The van der Waals surface area contributed by atoms with E-state index in [4.69, 9.17) is 0 Å². The molecular weight excluding hydrogens is 478 g/mol. The van der Waals surface area contributed by atoms with E-state index < -0.39 is 43.6 Å². The molecule has 1 unspecified atom stereocenters. The number of nitrogens with one attached hydrogen (secondary N) is 2. The fraction of sp³-hybridized carbons (Fsp3) is 0.292. The molecule has 4 rings (SSSR count). The lowest BCUT2D eigenvalue weighted by atomic mass is 9.90. The van der Waals surface area contributed by atoms with Crippen molar-refractivity contribution in [2.75, 3.05) is 11.4 Å². The van der Waals surface area contributed by atoms with E-state index in [0.29, 0.717) is 6.54 Å². The third-order valence-electron chi connectivity index (χ3n) is 6.59. The van der Waals surface area contributed by atoms with Crippen molar-refractivity contribution in [2.24, 2.45) is 5.92 Å². The largest absolute Gasteiger partial charge is 0.351 e. The fourth-order valence-electron chi connectivity index (χ4n) is 4.14. The molecule has 2 N–H and O–H groups in total. The summed E-state index contributed by atoms with van der Waals surface area (Å²) in [6, 6.07) is 8.75. The van der Waals surface area contributed by atoms with Crippen molar-refractivity contribution < 1.29 is 22.0 Å². The zero-order chi connectivity index (χ0) is 25.5. The number of H-pyrrole nitrogens is 1. The molecule has 1 aromatic carbocycles. The summed E-state index contributed by atoms with van der Waals surface area (Å²) in [4.78, 5) is 33.1. The highest BCUT2D eigenvalue weighted by Gasteiger charge is 2.41. The normalized spacial score (nSPS) is 17.4. The highest BCUT2D eigenvalue weighted by molar-refractivity contribution is 7.90. The van der Waals surface area contributed by atoms with Gasteiger partial charge in [-0.1, -0.05) is 13.0 Å². The van der Waals surface area contributed by atoms with Crippen LogP contribution in [0.3, 0.4) is 0 Å². The van der Waals surface area contributed by atoms with Crippen LogP contribution in [0.5, 0.6) is 0 Å². The SMILES string of the molecule is CC1CCN(c2nc(-c3cccc(F)c3F)ccc2C(=O)NS(=O)(=O)c2ccc[nH]c2=O)C1(C)C. The molecule has 1 aliphatic heterocycles. The van der Waals surface area contributed by atoms with Crippen molar-refractivity contribution in [1.29, 1.82) is 0 Å². The number of sulfonamides is 1. The summed E-state index contributed by atoms with van der Waals surface area (Å²) in [7, 11) is -4.49. The lowest BCUT2D eigenvalue weighted by Gasteiger charge is -2.36. The maximum atomic E-state index is 14.5. The molecule has 0 spiro atoms. The Bertz CT molecular complexity index is 1470. The van der Waals surface area contributed by atoms with Gasteiger partial charge in [-0.15, -0.1) is 0 Å². The summed E-state index contributed by atoms with van der Waals surface area (Å²) in [5, 5.41) is 0. The standard InChI is InChI=1S/C24H24F2N4O4S/c1-14-11-13-30(24(14,2)3)21-16(9-10-18(28-21)15-6-4-7-17(25)20(15)26)22(31)29-35(33,34)19-8-5-12-27-23(19)32/h4-10,12,14H,11,13H2,1-3H3,(H,27,32)(H,29,31). The molecule has 11 heteroatoms. The Morgan fingerprint density at radius 1 is 1.17 bits per heavy atom. The van der Waals surface area contributed by atoms with E-state index in [1.165, 1.54) is 36.5 Å². The van der Waals surface area contributed by atoms with Crippen LogP contribution in [-0.4, -0.2) is 36.4 Å². The number of carbonyl (C=O) groups is 1. The highest BCUT2D eigenvalue weighted by Crippen LogP contribution is 2.39. The minimum absolute atomic E-state index is 0.0799. The number of pyridine rings is 2. The second kappa shape index (κ2) is 8.88. The van der Waals surface area contributed by atoms with Gasteiger partial charge in [0.15, 0.2) is 16.5 Å². The van der Waals surface area contributed by atoms with Crippen LogP contribution in [0.2, 0.25) is 0 Å². The van der Waals surface area contributed by atoms with Crippen molar-refractivity contribution in [3.8, 4) is 11.3 Å². The molecule has 2 aromatic heterocycles. The first-order chi connectivity index (χ1) is 16.4. The lowest BCUT2D eigenvalue weighted by Crippen LogP contribution is -2.44. The molecular formula is C24H24F2N4O4S. The minimum Gasteiger partial charge on any atom is -0.351 e. The molecule has 3 heterocycles. The van der Waals surface area contributed by atoms with Crippen LogP contribution >= 0.6 is 0 Å². The quantitative estimate of drug-likeness (QED) is 0.553. The molecule has 1 atom stereocenters. The van der Waals surface area contributed by atoms with Crippen LogP contribution in [0, 0.1) is 17.6 Å². The Hall–Kier alpha value is -3.60. The summed E-state index contributed by atoms with van der Waals surface area (Å²) >= 11 is 0. The Morgan fingerprint density at radius 2 is 1.91 bits per heavy atom. The number of hydrogen-bond acceptors (Lipinski definition) is 6. The molecule has 0 aliphatic carbocycles. The summed E-state index contributed by atoms with van der Waals surface area (Å²) in [5.41, 5.74) is -1.42. The van der Waals surface area contributed by atoms with Gasteiger partial charge in [0.1, 0.15) is 5.82 Å². The van der Waals surface area contributed by atoms with Crippen molar-refractivity contribution in [3.05, 3.63) is 76.2 Å². The predicted octanol–water partition coefficient (Wildman–Crippen LogP) is 3.46. The van der Waals surface area contributed by atoms with Gasteiger partial charge in [-0.05, 0) is 62.6 Å². The maximum Gasteiger partial charge on any atom is 0.269 e. The van der Waals surface area contributed by atoms with Crippen LogP contribution in [0.25, 0.3) is 11.3 Å². The average molecular weight is 503 g/mol. The first-order valence-electron chi connectivity index (χ1n) is 10.9. The first kappa shape index (κ1) is 24.5. The van der Waals surface area contributed by atoms with Crippen LogP contribution in [0.15, 0.2) is 58.4 Å². The molecule has 1 fully saturated rings. The number of benzene rings is 1. The second-order valence-electron chi connectivity index (χ2n) is 8.96.